The van der Waals surface area contributed by atoms with Gasteiger partial charge in [-0.2, -0.15) is 0 Å². The van der Waals surface area contributed by atoms with Crippen molar-refractivity contribution in [3.8, 4) is 0 Å². The van der Waals surface area contributed by atoms with Gasteiger partial charge in [-0.3, -0.25) is 0 Å². The van der Waals surface area contributed by atoms with Crippen LogP contribution >= 0.6 is 11.3 Å². The van der Waals surface area contributed by atoms with Crippen molar-refractivity contribution in [3.63, 3.8) is 0 Å². The van der Waals surface area contributed by atoms with Crippen molar-refractivity contribution in [2.24, 2.45) is 0 Å². The third kappa shape index (κ3) is 3.14. The van der Waals surface area contributed by atoms with Gasteiger partial charge in [0.05, 0.1) is 0 Å². The first-order valence-corrected chi connectivity index (χ1v) is 7.27. The van der Waals surface area contributed by atoms with Crippen molar-refractivity contribution in [2.45, 2.75) is 40.2 Å². The number of hydrogen-bond donors (Lipinski definition) is 1. The molecule has 0 unspecified atom stereocenters. The van der Waals surface area contributed by atoms with Gasteiger partial charge < -0.3 is 5.32 Å². The second-order valence-electron chi connectivity index (χ2n) is 5.07. The molecule has 1 heterocycles. The molecule has 0 saturated heterocycles. The van der Waals surface area contributed by atoms with E-state index in [0.29, 0.717) is 5.92 Å². The first kappa shape index (κ1) is 13.2. The minimum absolute atomic E-state index is 0.598. The maximum Gasteiger partial charge on any atom is 0.0411 e. The third-order valence-electron chi connectivity index (χ3n) is 3.20. The number of nitrogens with one attached hydrogen (secondary N) is 1. The Hall–Kier alpha value is -1.28. The summed E-state index contributed by atoms with van der Waals surface area (Å²) in [7, 11) is 0. The predicted molar refractivity (Wildman–Crippen MR) is 81.7 cm³/mol. The number of thiophene rings is 1. The number of aryl methyl sites for hydroxylation is 2. The van der Waals surface area contributed by atoms with Crippen LogP contribution in [0.15, 0.2) is 30.3 Å². The number of anilines is 1. The summed E-state index contributed by atoms with van der Waals surface area (Å²) in [5.74, 6) is 0.598. The molecule has 2 aromatic rings. The molecule has 0 bridgehead atoms. The Morgan fingerprint density at radius 2 is 1.78 bits per heavy atom. The van der Waals surface area contributed by atoms with Gasteiger partial charge in [0.1, 0.15) is 0 Å². The lowest BCUT2D eigenvalue weighted by atomic mass is 10.0. The molecule has 18 heavy (non-hydrogen) atoms. The summed E-state index contributed by atoms with van der Waals surface area (Å²) < 4.78 is 0. The van der Waals surface area contributed by atoms with Crippen LogP contribution in [-0.2, 0) is 6.54 Å². The number of hydrogen-bond acceptors (Lipinski definition) is 2. The molecule has 1 aromatic carbocycles. The molecule has 1 aromatic heterocycles. The Morgan fingerprint density at radius 3 is 2.28 bits per heavy atom. The Bertz CT molecular complexity index is 508. The van der Waals surface area contributed by atoms with Crippen molar-refractivity contribution in [2.75, 3.05) is 5.32 Å². The van der Waals surface area contributed by atoms with Gasteiger partial charge in [0, 0.05) is 22.0 Å². The molecule has 0 atom stereocenters. The van der Waals surface area contributed by atoms with Crippen molar-refractivity contribution in [3.05, 3.63) is 51.2 Å². The van der Waals surface area contributed by atoms with E-state index in [4.69, 9.17) is 0 Å². The second kappa shape index (κ2) is 5.57. The molecular formula is C16H21NS. The van der Waals surface area contributed by atoms with Crippen LogP contribution in [0.1, 0.15) is 40.6 Å². The van der Waals surface area contributed by atoms with Crippen molar-refractivity contribution >= 4 is 17.0 Å². The molecule has 96 valence electrons. The average Bonchev–Trinajstić information content (AvgIpc) is 2.66. The van der Waals surface area contributed by atoms with Gasteiger partial charge in [-0.25, -0.2) is 0 Å². The van der Waals surface area contributed by atoms with Gasteiger partial charge in [-0.15, -0.1) is 11.3 Å². The van der Waals surface area contributed by atoms with E-state index in [1.165, 1.54) is 26.6 Å². The van der Waals surface area contributed by atoms with E-state index < -0.39 is 0 Å². The topological polar surface area (TPSA) is 12.0 Å². The van der Waals surface area contributed by atoms with E-state index in [0.717, 1.165) is 6.54 Å². The zero-order chi connectivity index (χ0) is 13.1. The highest BCUT2D eigenvalue weighted by molar-refractivity contribution is 7.12. The predicted octanol–water partition coefficient (Wildman–Crippen LogP) is 5.10. The Balaban J connectivity index is 2.00. The third-order valence-corrected chi connectivity index (χ3v) is 4.21. The molecular weight excluding hydrogens is 238 g/mol. The highest BCUT2D eigenvalue weighted by atomic mass is 32.1. The van der Waals surface area contributed by atoms with Gasteiger partial charge in [0.2, 0.25) is 0 Å². The van der Waals surface area contributed by atoms with Crippen LogP contribution in [0.3, 0.4) is 0 Å². The molecule has 2 rings (SSSR count). The molecule has 0 fully saturated rings. The van der Waals surface area contributed by atoms with E-state index in [9.17, 15) is 0 Å². The van der Waals surface area contributed by atoms with Crippen molar-refractivity contribution in [1.29, 1.82) is 0 Å². The van der Waals surface area contributed by atoms with Gasteiger partial charge in [0.25, 0.3) is 0 Å². The first-order valence-electron chi connectivity index (χ1n) is 6.46. The van der Waals surface area contributed by atoms with Crippen LogP contribution in [0.5, 0.6) is 0 Å². The Kier molecular flexibility index (Phi) is 4.07. The second-order valence-corrected chi connectivity index (χ2v) is 6.53. The number of benzene rings is 1. The molecule has 0 saturated carbocycles. The Labute approximate surface area is 114 Å². The van der Waals surface area contributed by atoms with Crippen LogP contribution < -0.4 is 5.32 Å². The van der Waals surface area contributed by atoms with E-state index in [2.05, 4.69) is 63.3 Å². The minimum atomic E-state index is 0.598. The molecule has 0 radical (unpaired) electrons. The minimum Gasteiger partial charge on any atom is -0.381 e. The lowest BCUT2D eigenvalue weighted by Crippen LogP contribution is -1.99. The van der Waals surface area contributed by atoms with E-state index >= 15 is 0 Å². The van der Waals surface area contributed by atoms with Crippen LogP contribution in [-0.4, -0.2) is 0 Å². The summed E-state index contributed by atoms with van der Waals surface area (Å²) in [6.45, 7) is 9.71. The van der Waals surface area contributed by atoms with Crippen LogP contribution in [0.25, 0.3) is 0 Å². The Morgan fingerprint density at radius 1 is 1.11 bits per heavy atom. The van der Waals surface area contributed by atoms with E-state index in [-0.39, 0.29) is 0 Å². The summed E-state index contributed by atoms with van der Waals surface area (Å²) in [4.78, 5) is 2.80. The van der Waals surface area contributed by atoms with Gasteiger partial charge in [0.15, 0.2) is 0 Å². The maximum atomic E-state index is 3.49. The normalized spacial score (nSPS) is 10.9. The van der Waals surface area contributed by atoms with Crippen molar-refractivity contribution in [1.82, 2.24) is 0 Å². The van der Waals surface area contributed by atoms with Gasteiger partial charge >= 0.3 is 0 Å². The lowest BCUT2D eigenvalue weighted by molar-refractivity contribution is 0.867. The average molecular weight is 259 g/mol. The fourth-order valence-corrected chi connectivity index (χ4v) is 2.99. The molecule has 2 heteroatoms. The largest absolute Gasteiger partial charge is 0.381 e. The summed E-state index contributed by atoms with van der Waals surface area (Å²) in [6, 6.07) is 11.0. The van der Waals surface area contributed by atoms with Gasteiger partial charge in [-0.1, -0.05) is 26.0 Å². The molecule has 0 aliphatic carbocycles. The monoisotopic (exact) mass is 259 g/mol. The standard InChI is InChI=1S/C16H21NS/c1-11(2)14-5-7-16(8-6-14)17-10-15-9-12(3)18-13(15)4/h5-9,11,17H,10H2,1-4H3. The molecule has 1 N–H and O–H groups in total. The maximum absolute atomic E-state index is 3.49. The summed E-state index contributed by atoms with van der Waals surface area (Å²) in [5, 5.41) is 3.49. The smallest absolute Gasteiger partial charge is 0.0411 e. The van der Waals surface area contributed by atoms with Crippen LogP contribution in [0.4, 0.5) is 5.69 Å². The highest BCUT2D eigenvalue weighted by Gasteiger charge is 2.03. The lowest BCUT2D eigenvalue weighted by Gasteiger charge is -2.09. The quantitative estimate of drug-likeness (QED) is 0.805. The summed E-state index contributed by atoms with van der Waals surface area (Å²) in [5.41, 5.74) is 4.00. The first-order chi connectivity index (χ1) is 8.56. The molecule has 0 amide bonds. The SMILES string of the molecule is Cc1cc(CNc2ccc(C(C)C)cc2)c(C)s1. The number of rotatable bonds is 4. The highest BCUT2D eigenvalue weighted by Crippen LogP contribution is 2.22. The molecule has 1 nitrogen and oxygen atoms in total. The molecule has 0 aliphatic rings. The fraction of sp³-hybridized carbons (Fsp3) is 0.375. The van der Waals surface area contributed by atoms with Crippen molar-refractivity contribution < 1.29 is 0 Å². The van der Waals surface area contributed by atoms with Crippen LogP contribution in [0, 0.1) is 13.8 Å². The summed E-state index contributed by atoms with van der Waals surface area (Å²) >= 11 is 1.87. The molecule has 0 spiro atoms. The van der Waals surface area contributed by atoms with Crippen LogP contribution in [0.2, 0.25) is 0 Å². The fourth-order valence-electron chi connectivity index (χ4n) is 2.04. The molecule has 0 aliphatic heterocycles. The summed E-state index contributed by atoms with van der Waals surface area (Å²) in [6.07, 6.45) is 0. The zero-order valence-electron chi connectivity index (χ0n) is 11.6. The van der Waals surface area contributed by atoms with E-state index in [1.54, 1.807) is 0 Å². The van der Waals surface area contributed by atoms with Gasteiger partial charge in [-0.05, 0) is 49.1 Å². The zero-order valence-corrected chi connectivity index (χ0v) is 12.4. The van der Waals surface area contributed by atoms with E-state index in [1.807, 2.05) is 11.3 Å².